The first-order valence-electron chi connectivity index (χ1n) is 41.4. The van der Waals surface area contributed by atoms with Crippen molar-refractivity contribution in [1.29, 1.82) is 0 Å². The van der Waals surface area contributed by atoms with Gasteiger partial charge in [0.25, 0.3) is 0 Å². The number of thiazole rings is 2. The maximum atomic E-state index is 5.37. The van der Waals surface area contributed by atoms with Crippen LogP contribution in [0.15, 0.2) is 157 Å². The summed E-state index contributed by atoms with van der Waals surface area (Å²) in [5, 5.41) is 22.4. The molecule has 11 aromatic rings. The van der Waals surface area contributed by atoms with Gasteiger partial charge in [-0.3, -0.25) is 9.36 Å². The molecule has 678 valence electrons. The lowest BCUT2D eigenvalue weighted by molar-refractivity contribution is 0.328. The fraction of sp³-hybridized carbons (Fsp3) is 0.461. The Morgan fingerprint density at radius 3 is 1.19 bits per heavy atom. The van der Waals surface area contributed by atoms with Crippen molar-refractivity contribution in [3.05, 3.63) is 261 Å². The van der Waals surface area contributed by atoms with Crippen LogP contribution in [0.4, 0.5) is 0 Å². The summed E-state index contributed by atoms with van der Waals surface area (Å²) in [6, 6.07) is 6.08. The molecule has 0 spiro atoms. The molecule has 0 radical (unpaired) electrons. The van der Waals surface area contributed by atoms with Crippen LogP contribution in [-0.4, -0.2) is 68.1 Å². The van der Waals surface area contributed by atoms with E-state index in [0.717, 1.165) is 84.2 Å². The van der Waals surface area contributed by atoms with Gasteiger partial charge in [0.2, 0.25) is 11.8 Å². The third-order valence-electron chi connectivity index (χ3n) is 17.6. The molecule has 18 nitrogen and oxygen atoms in total. The number of nitrogens with zero attached hydrogens (tertiary/aromatic N) is 14. The summed E-state index contributed by atoms with van der Waals surface area (Å²) in [6.07, 6.45) is 30.3. The van der Waals surface area contributed by atoms with Crippen molar-refractivity contribution in [1.82, 2.24) is 68.1 Å². The molecule has 0 bridgehead atoms. The van der Waals surface area contributed by atoms with Crippen molar-refractivity contribution >= 4 is 113 Å². The van der Waals surface area contributed by atoms with Crippen molar-refractivity contribution < 1.29 is 17.9 Å². The summed E-state index contributed by atoms with van der Waals surface area (Å²) in [4.78, 5) is 23.9. The van der Waals surface area contributed by atoms with Gasteiger partial charge in [-0.25, -0.2) is 24.9 Å². The molecule has 22 heteroatoms. The van der Waals surface area contributed by atoms with Crippen molar-refractivity contribution in [3.63, 3.8) is 0 Å². The second kappa shape index (κ2) is 48.0. The molecule has 11 rings (SSSR count). The van der Waals surface area contributed by atoms with Gasteiger partial charge in [0.1, 0.15) is 51.3 Å². The molecule has 0 aliphatic carbocycles. The van der Waals surface area contributed by atoms with Crippen molar-refractivity contribution in [3.8, 4) is 0 Å². The zero-order chi connectivity index (χ0) is 95.9. The van der Waals surface area contributed by atoms with E-state index in [0.29, 0.717) is 11.8 Å². The summed E-state index contributed by atoms with van der Waals surface area (Å²) >= 11 is 6.41. The number of imidazole rings is 1. The smallest absolute Gasteiger partial charge is 0.218 e. The molecule has 0 aliphatic rings. The average molecular weight is 1770 g/mol. The number of aromatic nitrogens is 14. The van der Waals surface area contributed by atoms with Gasteiger partial charge >= 0.3 is 0 Å². The molecular weight excluding hydrogens is 1610 g/mol. The number of aryl methyl sites for hydroxylation is 3. The van der Waals surface area contributed by atoms with Crippen LogP contribution < -0.4 is 0 Å². The summed E-state index contributed by atoms with van der Waals surface area (Å²) in [5.41, 5.74) is 15.2. The number of rotatable bonds is 11. The zero-order valence-electron chi connectivity index (χ0n) is 82.5. The normalized spacial score (nSPS) is 11.6. The van der Waals surface area contributed by atoms with E-state index in [1.54, 1.807) is 114 Å². The summed E-state index contributed by atoms with van der Waals surface area (Å²) in [7, 11) is 5.88. The monoisotopic (exact) mass is 1770 g/mol. The second-order valence-corrected chi connectivity index (χ2v) is 43.9. The van der Waals surface area contributed by atoms with Gasteiger partial charge in [-0.1, -0.05) is 311 Å². The number of oxazole rings is 2. The largest absolute Gasteiger partial charge is 0.445 e. The van der Waals surface area contributed by atoms with Crippen LogP contribution >= 0.6 is 45.7 Å². The molecule has 0 saturated carbocycles. The molecule has 124 heavy (non-hydrogen) atoms. The Morgan fingerprint density at radius 2 is 0.895 bits per heavy atom. The van der Waals surface area contributed by atoms with Gasteiger partial charge in [-0.15, -0.1) is 22.7 Å². The highest BCUT2D eigenvalue weighted by Crippen LogP contribution is 2.33. The van der Waals surface area contributed by atoms with Gasteiger partial charge in [0, 0.05) is 116 Å². The van der Waals surface area contributed by atoms with E-state index >= 15 is 0 Å². The highest BCUT2D eigenvalue weighted by Gasteiger charge is 2.26. The topological polar surface area (TPSA) is 209 Å². The minimum Gasteiger partial charge on any atom is -0.445 e. The zero-order valence-corrected chi connectivity index (χ0v) is 85.8. The van der Waals surface area contributed by atoms with Crippen LogP contribution in [0.2, 0.25) is 0 Å². The molecule has 0 aromatic carbocycles. The lowest BCUT2D eigenvalue weighted by Crippen LogP contribution is -2.16. The summed E-state index contributed by atoms with van der Waals surface area (Å²) < 4.78 is 34.6. The fourth-order valence-electron chi connectivity index (χ4n) is 9.85. The Morgan fingerprint density at radius 1 is 0.371 bits per heavy atom. The first-order valence-corrected chi connectivity index (χ1v) is 44.7. The number of hydrogen-bond acceptors (Lipinski definition) is 19. The van der Waals surface area contributed by atoms with Crippen molar-refractivity contribution in [2.45, 2.75) is 288 Å². The quantitative estimate of drug-likeness (QED) is 0.118. The minimum absolute atomic E-state index is 0.0360. The van der Waals surface area contributed by atoms with Crippen LogP contribution in [0.1, 0.15) is 351 Å². The SMILES string of the molecule is C=Cc1cc(C(C)(C)C)n(C)n1.C=Cc1cc(C(C)(C)C)on1.C=Cc1cc(C(C)(C)C)sn1.C=Cc1nc(C(C)(C)C)cn1C.C=Cc1nc(C(C)(C)C)co1.C=Cc1nc(C(C)(C)C)cs1.C=Cc1ncc(C(C)(C)C)o1.C=Cc1ncc(C(C)(C)C)s1.C=Cc1nn(C)cc1C(C)(C)C.C=Cc1nocc1C(C)(C)C.C=Cc1nscc1C(C)(C)C. The Balaban J connectivity index is 0.000000682. The molecule has 0 saturated heterocycles. The van der Waals surface area contributed by atoms with E-state index in [4.69, 9.17) is 17.9 Å². The van der Waals surface area contributed by atoms with E-state index in [1.807, 2.05) is 53.4 Å². The van der Waals surface area contributed by atoms with Crippen LogP contribution in [0.25, 0.3) is 66.8 Å². The van der Waals surface area contributed by atoms with E-state index in [1.165, 1.54) is 38.1 Å². The van der Waals surface area contributed by atoms with Crippen molar-refractivity contribution in [2.75, 3.05) is 0 Å². The Bertz CT molecular complexity index is 4630. The predicted molar refractivity (Wildman–Crippen MR) is 541 cm³/mol. The number of hydrogen-bond donors (Lipinski definition) is 0. The lowest BCUT2D eigenvalue weighted by Gasteiger charge is -2.17. The molecule has 0 amide bonds. The fourth-order valence-corrected chi connectivity index (χ4v) is 13.3. The van der Waals surface area contributed by atoms with Gasteiger partial charge in [-0.05, 0) is 135 Å². The van der Waals surface area contributed by atoms with Gasteiger partial charge in [0.05, 0.1) is 46.1 Å². The Kier molecular flexibility index (Phi) is 43.4. The predicted octanol–water partition coefficient (Wildman–Crippen LogP) is 29.9. The molecule has 11 aromatic heterocycles. The molecule has 0 fully saturated rings. The summed E-state index contributed by atoms with van der Waals surface area (Å²) in [5.74, 6) is 3.91. The summed E-state index contributed by atoms with van der Waals surface area (Å²) in [6.45, 7) is 111. The minimum atomic E-state index is 0.0360. The maximum Gasteiger partial charge on any atom is 0.218 e. The first kappa shape index (κ1) is 112. The average Bonchev–Trinajstić information content (AvgIpc) is 1.67. The molecule has 0 N–H and O–H groups in total. The molecule has 0 atom stereocenters. The van der Waals surface area contributed by atoms with E-state index in [2.05, 4.69) is 390 Å². The molecule has 0 aliphatic heterocycles. The van der Waals surface area contributed by atoms with Crippen LogP contribution in [0.3, 0.4) is 0 Å². The third kappa shape index (κ3) is 39.1. The highest BCUT2D eigenvalue weighted by molar-refractivity contribution is 7.12. The van der Waals surface area contributed by atoms with Crippen LogP contribution in [0.5, 0.6) is 0 Å². The van der Waals surface area contributed by atoms with Gasteiger partial charge < -0.3 is 22.4 Å². The van der Waals surface area contributed by atoms with Crippen molar-refractivity contribution in [2.24, 2.45) is 21.1 Å². The molecular formula is C102H152N14O4S4. The first-order chi connectivity index (χ1) is 56.7. The lowest BCUT2D eigenvalue weighted by atomic mass is 9.87. The van der Waals surface area contributed by atoms with E-state index < -0.39 is 0 Å². The molecule has 11 heterocycles. The highest BCUT2D eigenvalue weighted by atomic mass is 32.1. The third-order valence-corrected chi connectivity index (χ3v) is 21.7. The van der Waals surface area contributed by atoms with Crippen LogP contribution in [0, 0.1) is 0 Å². The standard InChI is InChI=1S/3C10H16N2.4C9H13NO.4C9H13NS/c1-6-9-11-8(7-12(9)5)10(2,3)4;1-6-9-8(10(2,3)4)7-12(5)11-9;1-6-8-7-9(10(2,3)4)12(5)11-8;1-5-8-10-7(6-11-8)9(2,3)4;1-5-8-10-6-7(11-8)9(2,3)4;1-5-8-7(6-11-10-8)9(2,3)4;1-5-7-6-8(11-10-7)9(2,3)4;1-5-8-10-7(6-11-8)9(2,3)4;1-5-8-10-6-7(11-8)9(2,3)4;1-5-8-7(6-11-10-8)9(2,3)4;1-5-7-6-8(11-10-7)9(2,3)4/h3*6-7H,1H2,2-5H3;8*5-6H,1H2,2-4H3. The van der Waals surface area contributed by atoms with Gasteiger partial charge in [-0.2, -0.15) is 18.9 Å². The van der Waals surface area contributed by atoms with Crippen LogP contribution in [-0.2, 0) is 80.7 Å². The molecule has 0 unspecified atom stereocenters. The van der Waals surface area contributed by atoms with E-state index in [9.17, 15) is 0 Å². The van der Waals surface area contributed by atoms with Gasteiger partial charge in [0.15, 0.2) is 0 Å². The van der Waals surface area contributed by atoms with E-state index in [-0.39, 0.29) is 59.6 Å². The maximum absolute atomic E-state index is 5.37. The Labute approximate surface area is 763 Å². The second-order valence-electron chi connectivity index (χ2n) is 40.5. The Hall–Kier alpha value is -9.87.